The largest absolute Gasteiger partial charge is 0.386 e. The summed E-state index contributed by atoms with van der Waals surface area (Å²) in [5.74, 6) is 0. The van der Waals surface area contributed by atoms with Gasteiger partial charge in [-0.3, -0.25) is 25.2 Å². The molecular weight excluding hydrogens is 512 g/mol. The van der Waals surface area contributed by atoms with E-state index < -0.39 is 0 Å². The van der Waals surface area contributed by atoms with Crippen molar-refractivity contribution in [3.8, 4) is 11.1 Å². The van der Waals surface area contributed by atoms with Gasteiger partial charge in [0.25, 0.3) is 0 Å². The number of anilines is 2. The second kappa shape index (κ2) is 13.5. The molecule has 3 aromatic carbocycles. The fraction of sp³-hybridized carbons (Fsp3) is 0.0769. The minimum atomic E-state index is 0.457. The normalized spacial score (nSPS) is 10.1. The van der Waals surface area contributed by atoms with Gasteiger partial charge < -0.3 is 5.32 Å². The van der Waals surface area contributed by atoms with Crippen molar-refractivity contribution in [3.63, 3.8) is 0 Å². The van der Waals surface area contributed by atoms with E-state index in [-0.39, 0.29) is 0 Å². The van der Waals surface area contributed by atoms with Gasteiger partial charge in [-0.05, 0) is 74.9 Å². The molecule has 1 aromatic heterocycles. The van der Waals surface area contributed by atoms with E-state index in [2.05, 4.69) is 62.0 Å². The number of hydrogen-bond donors (Lipinski definition) is 3. The molecule has 0 spiro atoms. The van der Waals surface area contributed by atoms with Crippen molar-refractivity contribution in [1.29, 1.82) is 0 Å². The summed E-state index contributed by atoms with van der Waals surface area (Å²) < 4.78 is 0.883. The molecule has 174 valence electrons. The zero-order valence-corrected chi connectivity index (χ0v) is 21.0. The molecule has 0 aliphatic rings. The molecule has 0 atom stereocenters. The lowest BCUT2D eigenvalue weighted by atomic mass is 10.0. The van der Waals surface area contributed by atoms with Crippen LogP contribution in [0.5, 0.6) is 0 Å². The van der Waals surface area contributed by atoms with Gasteiger partial charge in [0.2, 0.25) is 0 Å². The van der Waals surface area contributed by atoms with Crippen LogP contribution in [0.2, 0.25) is 0 Å². The molecule has 0 aliphatic carbocycles. The minimum absolute atomic E-state index is 0.457. The van der Waals surface area contributed by atoms with Gasteiger partial charge in [-0.25, -0.2) is 0 Å². The third kappa shape index (κ3) is 7.43. The lowest BCUT2D eigenvalue weighted by Gasteiger charge is -2.12. The third-order valence-corrected chi connectivity index (χ3v) is 5.85. The number of benzene rings is 3. The summed E-state index contributed by atoms with van der Waals surface area (Å²) in [7, 11) is 1.89. The highest BCUT2D eigenvalue weighted by atomic mass is 79.9. The van der Waals surface area contributed by atoms with Crippen LogP contribution in [-0.4, -0.2) is 18.3 Å². The first kappa shape index (κ1) is 25.5. The molecule has 1 heterocycles. The summed E-state index contributed by atoms with van der Waals surface area (Å²) in [6, 6.07) is 27.8. The Morgan fingerprint density at radius 2 is 1.68 bits per heavy atom. The number of para-hydroxylation sites is 2. The molecular formula is C26H25BrN4O2S. The van der Waals surface area contributed by atoms with Gasteiger partial charge in [0.05, 0.1) is 18.0 Å². The van der Waals surface area contributed by atoms with E-state index in [0.717, 1.165) is 37.4 Å². The zero-order valence-electron chi connectivity index (χ0n) is 18.6. The Labute approximate surface area is 212 Å². The summed E-state index contributed by atoms with van der Waals surface area (Å²) in [5, 5.41) is 8.87. The number of carbonyl (C=O) groups excluding carboxylic acids is 1. The average molecular weight is 537 g/mol. The van der Waals surface area contributed by atoms with Crippen molar-refractivity contribution in [2.45, 2.75) is 11.5 Å². The topological polar surface area (TPSA) is 89.3 Å². The quantitative estimate of drug-likeness (QED) is 0.133. The monoisotopic (exact) mass is 536 g/mol. The van der Waals surface area contributed by atoms with Crippen LogP contribution in [0.25, 0.3) is 11.1 Å². The molecule has 0 fully saturated rings. The Morgan fingerprint density at radius 3 is 2.32 bits per heavy atom. The Kier molecular flexibility index (Phi) is 10.1. The van der Waals surface area contributed by atoms with E-state index in [1.165, 1.54) is 11.9 Å². The molecule has 8 heteroatoms. The summed E-state index contributed by atoms with van der Waals surface area (Å²) in [4.78, 5) is 20.5. The molecule has 4 aromatic rings. The van der Waals surface area contributed by atoms with Gasteiger partial charge >= 0.3 is 0 Å². The first-order valence-corrected chi connectivity index (χ1v) is 12.1. The molecule has 0 amide bonds. The van der Waals surface area contributed by atoms with E-state index in [4.69, 9.17) is 9.98 Å². The first-order chi connectivity index (χ1) is 16.6. The van der Waals surface area contributed by atoms with Gasteiger partial charge in [0, 0.05) is 22.6 Å². The number of pyridine rings is 1. The van der Waals surface area contributed by atoms with E-state index >= 15 is 0 Å². The van der Waals surface area contributed by atoms with E-state index in [0.29, 0.717) is 18.6 Å². The predicted octanol–water partition coefficient (Wildman–Crippen LogP) is 6.56. The second-order valence-electron chi connectivity index (χ2n) is 7.02. The number of nitrogens with zero attached hydrogens (tertiary/aromatic N) is 1. The predicted molar refractivity (Wildman–Crippen MR) is 144 cm³/mol. The Morgan fingerprint density at radius 1 is 0.971 bits per heavy atom. The van der Waals surface area contributed by atoms with Crippen molar-refractivity contribution in [2.24, 2.45) is 5.14 Å². The van der Waals surface area contributed by atoms with Gasteiger partial charge in [-0.1, -0.05) is 54.6 Å². The average Bonchev–Trinajstić information content (AvgIpc) is 2.90. The SMILES string of the molecule is CNc1ccccc1NOCc1ccc(-c2ccccc2SN)cc1.O=Cc1ccc(Br)cn1. The smallest absolute Gasteiger partial charge is 0.168 e. The fourth-order valence-electron chi connectivity index (χ4n) is 3.03. The summed E-state index contributed by atoms with van der Waals surface area (Å²) in [6.45, 7) is 0.478. The number of nitrogens with two attached hydrogens (primary N) is 1. The number of carbonyl (C=O) groups is 1. The Hall–Kier alpha value is -3.17. The Balaban J connectivity index is 0.000000302. The standard InChI is InChI=1S/C20H21N3OS.C6H4BrNO/c1-22-18-7-3-4-8-19(18)23-24-14-15-10-12-16(13-11-15)17-6-2-5-9-20(17)25-21;7-5-1-2-6(4-9)8-3-5/h2-13,22-23H,14,21H2,1H3;1-4H. The van der Waals surface area contributed by atoms with Crippen LogP contribution in [0.4, 0.5) is 11.4 Å². The molecule has 34 heavy (non-hydrogen) atoms. The molecule has 4 rings (SSSR count). The lowest BCUT2D eigenvalue weighted by Crippen LogP contribution is -2.04. The molecule has 0 saturated carbocycles. The molecule has 0 aliphatic heterocycles. The lowest BCUT2D eigenvalue weighted by molar-refractivity contribution is 0.111. The van der Waals surface area contributed by atoms with E-state index in [9.17, 15) is 4.79 Å². The van der Waals surface area contributed by atoms with Gasteiger partial charge in [0.15, 0.2) is 6.29 Å². The van der Waals surface area contributed by atoms with Crippen molar-refractivity contribution < 1.29 is 9.63 Å². The van der Waals surface area contributed by atoms with Gasteiger partial charge in [-0.15, -0.1) is 0 Å². The number of rotatable bonds is 8. The van der Waals surface area contributed by atoms with Crippen LogP contribution in [0.1, 0.15) is 16.1 Å². The minimum Gasteiger partial charge on any atom is -0.386 e. The van der Waals surface area contributed by atoms with Gasteiger partial charge in [-0.2, -0.15) is 0 Å². The maximum absolute atomic E-state index is 10.0. The van der Waals surface area contributed by atoms with Crippen molar-refractivity contribution >= 4 is 45.5 Å². The maximum atomic E-state index is 10.0. The summed E-state index contributed by atoms with van der Waals surface area (Å²) in [5.41, 5.74) is 8.74. The molecule has 0 unspecified atom stereocenters. The van der Waals surface area contributed by atoms with Crippen molar-refractivity contribution in [3.05, 3.63) is 107 Å². The number of nitrogens with one attached hydrogen (secondary N) is 2. The van der Waals surface area contributed by atoms with Crippen LogP contribution in [0.3, 0.4) is 0 Å². The van der Waals surface area contributed by atoms with Crippen LogP contribution in [0, 0.1) is 0 Å². The first-order valence-electron chi connectivity index (χ1n) is 10.4. The fourth-order valence-corrected chi connectivity index (χ4v) is 3.74. The van der Waals surface area contributed by atoms with Crippen LogP contribution >= 0.6 is 27.9 Å². The van der Waals surface area contributed by atoms with Crippen LogP contribution < -0.4 is 15.9 Å². The van der Waals surface area contributed by atoms with Crippen molar-refractivity contribution in [2.75, 3.05) is 17.8 Å². The van der Waals surface area contributed by atoms with E-state index in [1.54, 1.807) is 18.3 Å². The third-order valence-electron chi connectivity index (χ3n) is 4.77. The number of halogens is 1. The molecule has 0 radical (unpaired) electrons. The van der Waals surface area contributed by atoms with Crippen LogP contribution in [0.15, 0.2) is 100 Å². The zero-order chi connectivity index (χ0) is 24.2. The highest BCUT2D eigenvalue weighted by Crippen LogP contribution is 2.29. The number of aromatic nitrogens is 1. The Bertz CT molecular complexity index is 1190. The number of hydrogen-bond acceptors (Lipinski definition) is 7. The second-order valence-corrected chi connectivity index (χ2v) is 8.61. The molecule has 6 nitrogen and oxygen atoms in total. The molecule has 0 bridgehead atoms. The maximum Gasteiger partial charge on any atom is 0.168 e. The van der Waals surface area contributed by atoms with Crippen molar-refractivity contribution in [1.82, 2.24) is 4.98 Å². The molecule has 0 saturated heterocycles. The number of aldehydes is 1. The van der Waals surface area contributed by atoms with E-state index in [1.807, 2.05) is 49.5 Å². The summed E-state index contributed by atoms with van der Waals surface area (Å²) >= 11 is 4.46. The molecule has 4 N–H and O–H groups in total. The summed E-state index contributed by atoms with van der Waals surface area (Å²) in [6.07, 6.45) is 2.30. The highest BCUT2D eigenvalue weighted by molar-refractivity contribution is 9.10. The van der Waals surface area contributed by atoms with Gasteiger partial charge in [0.1, 0.15) is 5.69 Å². The highest BCUT2D eigenvalue weighted by Gasteiger charge is 2.04. The van der Waals surface area contributed by atoms with Crippen LogP contribution in [-0.2, 0) is 11.4 Å².